The molecule has 0 saturated heterocycles. The van der Waals surface area contributed by atoms with Crippen molar-refractivity contribution >= 4 is 22.7 Å². The molecule has 0 aliphatic rings. The van der Waals surface area contributed by atoms with Crippen LogP contribution in [0.3, 0.4) is 0 Å². The Morgan fingerprint density at radius 3 is 2.82 bits per heavy atom. The smallest absolute Gasteiger partial charge is 0.0988 e. The highest BCUT2D eigenvalue weighted by atomic mass is 32.1. The molecule has 2 rings (SSSR count). The van der Waals surface area contributed by atoms with E-state index in [2.05, 4.69) is 35.2 Å². The van der Waals surface area contributed by atoms with E-state index in [1.165, 1.54) is 10.4 Å². The second kappa shape index (κ2) is 6.31. The summed E-state index contributed by atoms with van der Waals surface area (Å²) in [7, 11) is 0. The van der Waals surface area contributed by atoms with E-state index in [9.17, 15) is 0 Å². The van der Waals surface area contributed by atoms with Gasteiger partial charge in [0.25, 0.3) is 0 Å². The average Bonchev–Trinajstić information content (AvgIpc) is 3.01. The Kier molecular flexibility index (Phi) is 4.74. The van der Waals surface area contributed by atoms with Gasteiger partial charge >= 0.3 is 0 Å². The molecule has 2 aromatic heterocycles. The first-order chi connectivity index (χ1) is 8.31. The van der Waals surface area contributed by atoms with Crippen LogP contribution in [0.4, 0.5) is 0 Å². The third kappa shape index (κ3) is 3.39. The van der Waals surface area contributed by atoms with Crippen LogP contribution < -0.4 is 5.73 Å². The molecular weight excluding hydrogens is 250 g/mol. The molecule has 0 bridgehead atoms. The Hall–Kier alpha value is -0.680. The van der Waals surface area contributed by atoms with Gasteiger partial charge in [-0.15, -0.1) is 11.3 Å². The quantitative estimate of drug-likeness (QED) is 0.864. The van der Waals surface area contributed by atoms with Crippen LogP contribution in [0.2, 0.25) is 0 Å². The van der Waals surface area contributed by atoms with E-state index in [1.807, 2.05) is 6.07 Å². The lowest BCUT2D eigenvalue weighted by molar-refractivity contribution is 0.0230. The fraction of sp³-hybridized carbons (Fsp3) is 0.385. The van der Waals surface area contributed by atoms with E-state index in [4.69, 9.17) is 10.5 Å². The van der Waals surface area contributed by atoms with E-state index in [0.29, 0.717) is 6.61 Å². The maximum atomic E-state index is 6.13. The third-order valence-electron chi connectivity index (χ3n) is 2.72. The molecule has 17 heavy (non-hydrogen) atoms. The van der Waals surface area contributed by atoms with Gasteiger partial charge in [-0.1, -0.05) is 13.0 Å². The standard InChI is InChI=1S/C13H17NOS2/c1-2-12(14)13(10-5-7-16-9-10)15-8-11-4-3-6-17-11/h3-7,9,12-13H,2,8,14H2,1H3. The van der Waals surface area contributed by atoms with Crippen LogP contribution in [0, 0.1) is 0 Å². The van der Waals surface area contributed by atoms with Gasteiger partial charge in [0.1, 0.15) is 0 Å². The zero-order chi connectivity index (χ0) is 12.1. The van der Waals surface area contributed by atoms with Crippen LogP contribution in [-0.4, -0.2) is 6.04 Å². The summed E-state index contributed by atoms with van der Waals surface area (Å²) in [5.74, 6) is 0. The Morgan fingerprint density at radius 1 is 1.35 bits per heavy atom. The number of ether oxygens (including phenoxy) is 1. The van der Waals surface area contributed by atoms with Crippen LogP contribution in [0.1, 0.15) is 29.9 Å². The summed E-state index contributed by atoms with van der Waals surface area (Å²) in [5, 5.41) is 6.26. The predicted molar refractivity (Wildman–Crippen MR) is 74.4 cm³/mol. The Labute approximate surface area is 110 Å². The van der Waals surface area contributed by atoms with Crippen molar-refractivity contribution < 1.29 is 4.74 Å². The molecular formula is C13H17NOS2. The van der Waals surface area contributed by atoms with E-state index in [0.717, 1.165) is 6.42 Å². The van der Waals surface area contributed by atoms with Crippen molar-refractivity contribution in [2.24, 2.45) is 5.73 Å². The Bertz CT molecular complexity index is 411. The van der Waals surface area contributed by atoms with Gasteiger partial charge in [0, 0.05) is 10.9 Å². The fourth-order valence-electron chi connectivity index (χ4n) is 1.68. The Balaban J connectivity index is 2.01. The van der Waals surface area contributed by atoms with Crippen LogP contribution in [0.15, 0.2) is 34.3 Å². The predicted octanol–water partition coefficient (Wildman–Crippen LogP) is 3.80. The molecule has 2 atom stereocenters. The second-order valence-corrected chi connectivity index (χ2v) is 5.75. The maximum absolute atomic E-state index is 6.13. The van der Waals surface area contributed by atoms with Gasteiger partial charge in [0.2, 0.25) is 0 Å². The highest BCUT2D eigenvalue weighted by molar-refractivity contribution is 7.09. The highest BCUT2D eigenvalue weighted by Crippen LogP contribution is 2.26. The largest absolute Gasteiger partial charge is 0.366 e. The van der Waals surface area contributed by atoms with Crippen molar-refractivity contribution in [2.45, 2.75) is 32.1 Å². The SMILES string of the molecule is CCC(N)C(OCc1cccs1)c1ccsc1. The molecule has 4 heteroatoms. The zero-order valence-electron chi connectivity index (χ0n) is 9.84. The molecule has 92 valence electrons. The summed E-state index contributed by atoms with van der Waals surface area (Å²) in [6, 6.07) is 6.29. The lowest BCUT2D eigenvalue weighted by Crippen LogP contribution is -2.29. The summed E-state index contributed by atoms with van der Waals surface area (Å²) >= 11 is 3.40. The molecule has 0 saturated carbocycles. The first kappa shape index (κ1) is 12.8. The number of hydrogen-bond acceptors (Lipinski definition) is 4. The van der Waals surface area contributed by atoms with Gasteiger partial charge in [0.05, 0.1) is 12.7 Å². The van der Waals surface area contributed by atoms with E-state index < -0.39 is 0 Å². The minimum atomic E-state index is 0.00773. The normalized spacial score (nSPS) is 14.7. The number of rotatable bonds is 6. The molecule has 0 spiro atoms. The van der Waals surface area contributed by atoms with Crippen LogP contribution in [0.25, 0.3) is 0 Å². The van der Waals surface area contributed by atoms with Gasteiger partial charge < -0.3 is 10.5 Å². The lowest BCUT2D eigenvalue weighted by Gasteiger charge is -2.22. The topological polar surface area (TPSA) is 35.2 Å². The summed E-state index contributed by atoms with van der Waals surface area (Å²) in [5.41, 5.74) is 7.33. The minimum absolute atomic E-state index is 0.00773. The van der Waals surface area contributed by atoms with Crippen molar-refractivity contribution in [1.82, 2.24) is 0 Å². The monoisotopic (exact) mass is 267 g/mol. The molecule has 0 aromatic carbocycles. The third-order valence-corrected chi connectivity index (χ3v) is 4.27. The number of hydrogen-bond donors (Lipinski definition) is 1. The molecule has 2 aromatic rings. The van der Waals surface area contributed by atoms with E-state index in [1.54, 1.807) is 22.7 Å². The van der Waals surface area contributed by atoms with E-state index >= 15 is 0 Å². The molecule has 2 N–H and O–H groups in total. The van der Waals surface area contributed by atoms with Crippen molar-refractivity contribution in [2.75, 3.05) is 0 Å². The molecule has 0 amide bonds. The fourth-order valence-corrected chi connectivity index (χ4v) is 2.99. The van der Waals surface area contributed by atoms with Crippen LogP contribution >= 0.6 is 22.7 Å². The molecule has 0 radical (unpaired) electrons. The van der Waals surface area contributed by atoms with Crippen molar-refractivity contribution in [1.29, 1.82) is 0 Å². The first-order valence-corrected chi connectivity index (χ1v) is 7.55. The van der Waals surface area contributed by atoms with Gasteiger partial charge in [-0.2, -0.15) is 11.3 Å². The van der Waals surface area contributed by atoms with Gasteiger partial charge in [-0.05, 0) is 40.3 Å². The molecule has 0 aliphatic heterocycles. The highest BCUT2D eigenvalue weighted by Gasteiger charge is 2.19. The molecule has 2 unspecified atom stereocenters. The number of nitrogens with two attached hydrogens (primary N) is 1. The van der Waals surface area contributed by atoms with Gasteiger partial charge in [-0.3, -0.25) is 0 Å². The van der Waals surface area contributed by atoms with Gasteiger partial charge in [-0.25, -0.2) is 0 Å². The summed E-state index contributed by atoms with van der Waals surface area (Å²) in [4.78, 5) is 1.24. The molecule has 0 aliphatic carbocycles. The van der Waals surface area contributed by atoms with E-state index in [-0.39, 0.29) is 12.1 Å². The minimum Gasteiger partial charge on any atom is -0.366 e. The van der Waals surface area contributed by atoms with Crippen LogP contribution in [-0.2, 0) is 11.3 Å². The maximum Gasteiger partial charge on any atom is 0.0988 e. The van der Waals surface area contributed by atoms with Crippen molar-refractivity contribution in [3.63, 3.8) is 0 Å². The van der Waals surface area contributed by atoms with Crippen molar-refractivity contribution in [3.8, 4) is 0 Å². The molecule has 2 nitrogen and oxygen atoms in total. The zero-order valence-corrected chi connectivity index (χ0v) is 11.5. The molecule has 0 fully saturated rings. The Morgan fingerprint density at radius 2 is 2.24 bits per heavy atom. The average molecular weight is 267 g/mol. The van der Waals surface area contributed by atoms with Gasteiger partial charge in [0.15, 0.2) is 0 Å². The number of thiophene rings is 2. The second-order valence-electron chi connectivity index (χ2n) is 3.94. The lowest BCUT2D eigenvalue weighted by atomic mass is 10.0. The summed E-state index contributed by atoms with van der Waals surface area (Å²) in [6.45, 7) is 2.74. The molecule has 2 heterocycles. The summed E-state index contributed by atoms with van der Waals surface area (Å²) < 4.78 is 5.98. The first-order valence-electron chi connectivity index (χ1n) is 5.73. The summed E-state index contributed by atoms with van der Waals surface area (Å²) in [6.07, 6.45) is 0.929. The van der Waals surface area contributed by atoms with Crippen LogP contribution in [0.5, 0.6) is 0 Å². The van der Waals surface area contributed by atoms with Crippen molar-refractivity contribution in [3.05, 3.63) is 44.8 Å².